The monoisotopic (exact) mass is 331 g/mol. The normalized spacial score (nSPS) is 19.0. The summed E-state index contributed by atoms with van der Waals surface area (Å²) in [7, 11) is 0. The Labute approximate surface area is 138 Å². The predicted octanol–water partition coefficient (Wildman–Crippen LogP) is 1.22. The number of hydrogen-bond acceptors (Lipinski definition) is 5. The Morgan fingerprint density at radius 1 is 1.38 bits per heavy atom. The van der Waals surface area contributed by atoms with Crippen molar-refractivity contribution in [3.8, 4) is 5.88 Å². The number of benzene rings is 1. The first-order valence-corrected chi connectivity index (χ1v) is 8.04. The Morgan fingerprint density at radius 2 is 2.29 bits per heavy atom. The van der Waals surface area contributed by atoms with Gasteiger partial charge in [0.2, 0.25) is 5.88 Å². The molecule has 2 aliphatic heterocycles. The van der Waals surface area contributed by atoms with Gasteiger partial charge in [0.1, 0.15) is 11.6 Å². The molecule has 1 aromatic carbocycles. The fraction of sp³-hybridized carbons (Fsp3) is 0.412. The van der Waals surface area contributed by atoms with E-state index in [1.807, 2.05) is 6.07 Å². The minimum Gasteiger partial charge on any atom is -0.477 e. The van der Waals surface area contributed by atoms with Crippen LogP contribution in [-0.4, -0.2) is 42.0 Å². The fourth-order valence-corrected chi connectivity index (χ4v) is 3.24. The molecule has 1 aromatic heterocycles. The van der Waals surface area contributed by atoms with Crippen LogP contribution in [0, 0.1) is 5.82 Å². The second-order valence-corrected chi connectivity index (χ2v) is 6.00. The van der Waals surface area contributed by atoms with Crippen LogP contribution in [0.3, 0.4) is 0 Å². The fourth-order valence-electron chi connectivity index (χ4n) is 3.24. The second-order valence-electron chi connectivity index (χ2n) is 6.00. The molecule has 6 nitrogen and oxygen atoms in total. The number of ether oxygens (including phenoxy) is 2. The molecule has 2 aliphatic rings. The van der Waals surface area contributed by atoms with Crippen molar-refractivity contribution in [2.24, 2.45) is 0 Å². The van der Waals surface area contributed by atoms with Gasteiger partial charge in [-0.1, -0.05) is 12.1 Å². The van der Waals surface area contributed by atoms with Crippen LogP contribution in [0.4, 0.5) is 10.2 Å². The summed E-state index contributed by atoms with van der Waals surface area (Å²) in [5.74, 6) is 0.888. The van der Waals surface area contributed by atoms with E-state index >= 15 is 0 Å². The third-order valence-electron chi connectivity index (χ3n) is 4.41. The topological polar surface area (TPSA) is 56.6 Å². The van der Waals surface area contributed by atoms with Crippen LogP contribution >= 0.6 is 0 Å². The molecular weight excluding hydrogens is 313 g/mol. The summed E-state index contributed by atoms with van der Waals surface area (Å²) >= 11 is 0. The Morgan fingerprint density at radius 3 is 3.17 bits per heavy atom. The molecule has 0 N–H and O–H groups in total. The van der Waals surface area contributed by atoms with Gasteiger partial charge >= 0.3 is 5.69 Å². The first kappa shape index (κ1) is 15.1. The highest BCUT2D eigenvalue weighted by Crippen LogP contribution is 2.28. The van der Waals surface area contributed by atoms with Gasteiger partial charge in [-0.25, -0.2) is 9.18 Å². The smallest absolute Gasteiger partial charge is 0.352 e. The summed E-state index contributed by atoms with van der Waals surface area (Å²) in [6, 6.07) is 8.40. The van der Waals surface area contributed by atoms with Crippen molar-refractivity contribution in [1.82, 2.24) is 9.55 Å². The van der Waals surface area contributed by atoms with E-state index in [1.165, 1.54) is 12.1 Å². The average molecular weight is 331 g/mol. The Bertz CT molecular complexity index is 808. The molecule has 0 amide bonds. The van der Waals surface area contributed by atoms with Gasteiger partial charge in [-0.2, -0.15) is 4.98 Å². The molecule has 4 rings (SSSR count). The number of halogens is 1. The number of hydrogen-bond donors (Lipinski definition) is 0. The first-order valence-electron chi connectivity index (χ1n) is 8.04. The lowest BCUT2D eigenvalue weighted by Crippen LogP contribution is -2.43. The SMILES string of the molecule is O=c1nc(OCCc2cccc(F)c2)cc2n1C[C@H]1COCCN21. The molecule has 2 aromatic rings. The maximum Gasteiger partial charge on any atom is 0.352 e. The minimum atomic E-state index is -0.303. The third-order valence-corrected chi connectivity index (χ3v) is 4.41. The van der Waals surface area contributed by atoms with Crippen molar-refractivity contribution in [3.05, 3.63) is 52.2 Å². The zero-order valence-corrected chi connectivity index (χ0v) is 13.2. The quantitative estimate of drug-likeness (QED) is 0.843. The van der Waals surface area contributed by atoms with Crippen molar-refractivity contribution in [2.45, 2.75) is 19.0 Å². The van der Waals surface area contributed by atoms with E-state index in [2.05, 4.69) is 9.88 Å². The molecule has 1 fully saturated rings. The van der Waals surface area contributed by atoms with E-state index in [9.17, 15) is 9.18 Å². The van der Waals surface area contributed by atoms with Gasteiger partial charge in [-0.15, -0.1) is 0 Å². The van der Waals surface area contributed by atoms with Gasteiger partial charge in [-0.05, 0) is 17.7 Å². The molecule has 0 unspecified atom stereocenters. The first-order chi connectivity index (χ1) is 11.7. The third kappa shape index (κ3) is 2.87. The van der Waals surface area contributed by atoms with Crippen LogP contribution in [0.5, 0.6) is 5.88 Å². The van der Waals surface area contributed by atoms with Crippen molar-refractivity contribution < 1.29 is 13.9 Å². The lowest BCUT2D eigenvalue weighted by molar-refractivity contribution is 0.0956. The zero-order chi connectivity index (χ0) is 16.5. The highest BCUT2D eigenvalue weighted by molar-refractivity contribution is 5.47. The molecular formula is C17H18FN3O3. The van der Waals surface area contributed by atoms with Gasteiger partial charge in [0.25, 0.3) is 0 Å². The number of morpholine rings is 1. The van der Waals surface area contributed by atoms with Crippen molar-refractivity contribution >= 4 is 5.82 Å². The van der Waals surface area contributed by atoms with Crippen LogP contribution in [0.2, 0.25) is 0 Å². The molecule has 0 bridgehead atoms. The Balaban J connectivity index is 1.47. The summed E-state index contributed by atoms with van der Waals surface area (Å²) in [4.78, 5) is 18.4. The highest BCUT2D eigenvalue weighted by Gasteiger charge is 2.33. The number of fused-ring (bicyclic) bond motifs is 3. The zero-order valence-electron chi connectivity index (χ0n) is 13.2. The van der Waals surface area contributed by atoms with Crippen molar-refractivity contribution in [3.63, 3.8) is 0 Å². The lowest BCUT2D eigenvalue weighted by atomic mass is 10.2. The molecule has 0 radical (unpaired) electrons. The van der Waals surface area contributed by atoms with Crippen molar-refractivity contribution in [1.29, 1.82) is 0 Å². The largest absolute Gasteiger partial charge is 0.477 e. The van der Waals surface area contributed by atoms with E-state index in [1.54, 1.807) is 16.7 Å². The average Bonchev–Trinajstić information content (AvgIpc) is 2.95. The molecule has 1 atom stereocenters. The summed E-state index contributed by atoms with van der Waals surface area (Å²) in [5, 5.41) is 0. The predicted molar refractivity (Wildman–Crippen MR) is 86.0 cm³/mol. The van der Waals surface area contributed by atoms with Crippen LogP contribution in [0.15, 0.2) is 35.1 Å². The summed E-state index contributed by atoms with van der Waals surface area (Å²) in [5.41, 5.74) is 0.545. The molecule has 126 valence electrons. The molecule has 0 aliphatic carbocycles. The molecule has 24 heavy (non-hydrogen) atoms. The molecule has 0 saturated carbocycles. The van der Waals surface area contributed by atoms with E-state index in [0.29, 0.717) is 38.7 Å². The molecule has 1 saturated heterocycles. The van der Waals surface area contributed by atoms with Gasteiger partial charge in [0.05, 0.1) is 32.4 Å². The lowest BCUT2D eigenvalue weighted by Gasteiger charge is -2.30. The van der Waals surface area contributed by atoms with E-state index in [0.717, 1.165) is 17.9 Å². The van der Waals surface area contributed by atoms with Gasteiger partial charge in [-0.3, -0.25) is 4.57 Å². The van der Waals surface area contributed by atoms with Crippen LogP contribution in [-0.2, 0) is 17.7 Å². The molecule has 3 heterocycles. The maximum absolute atomic E-state index is 13.2. The van der Waals surface area contributed by atoms with E-state index < -0.39 is 0 Å². The minimum absolute atomic E-state index is 0.191. The Hall–Kier alpha value is -2.41. The number of anilines is 1. The number of nitrogens with zero attached hydrogens (tertiary/aromatic N) is 3. The summed E-state index contributed by atoms with van der Waals surface area (Å²) in [6.45, 7) is 2.98. The second kappa shape index (κ2) is 6.24. The molecule has 7 heteroatoms. The van der Waals surface area contributed by atoms with Gasteiger partial charge in [0, 0.05) is 19.0 Å². The maximum atomic E-state index is 13.2. The van der Waals surface area contributed by atoms with Crippen LogP contribution < -0.4 is 15.3 Å². The van der Waals surface area contributed by atoms with Crippen LogP contribution in [0.25, 0.3) is 0 Å². The van der Waals surface area contributed by atoms with E-state index in [-0.39, 0.29) is 17.5 Å². The Kier molecular flexibility index (Phi) is 3.93. The summed E-state index contributed by atoms with van der Waals surface area (Å²) < 4.78 is 25.9. The van der Waals surface area contributed by atoms with Crippen LogP contribution in [0.1, 0.15) is 5.56 Å². The van der Waals surface area contributed by atoms with E-state index in [4.69, 9.17) is 9.47 Å². The standard InChI is InChI=1S/C17H18FN3O3/c18-13-3-1-2-12(8-13)4-6-24-15-9-16-20-5-7-23-11-14(20)10-21(16)17(22)19-15/h1-3,8-9,14H,4-7,10-11H2/t14-/m0/s1. The molecule has 0 spiro atoms. The highest BCUT2D eigenvalue weighted by atomic mass is 19.1. The number of rotatable bonds is 4. The number of aromatic nitrogens is 2. The van der Waals surface area contributed by atoms with Gasteiger partial charge < -0.3 is 14.4 Å². The van der Waals surface area contributed by atoms with Crippen molar-refractivity contribution in [2.75, 3.05) is 31.3 Å². The van der Waals surface area contributed by atoms with Gasteiger partial charge in [0.15, 0.2) is 0 Å². The summed E-state index contributed by atoms with van der Waals surface area (Å²) in [6.07, 6.45) is 0.554.